The molecule has 1 aromatic carbocycles. The number of nitrogens with two attached hydrogens (primary N) is 1. The lowest BCUT2D eigenvalue weighted by atomic mass is 10.0. The number of aromatic carboxylic acids is 1. The number of carbonyl (C=O) groups excluding carboxylic acids is 1. The molecule has 1 unspecified atom stereocenters. The summed E-state index contributed by atoms with van der Waals surface area (Å²) >= 11 is 6.64. The van der Waals surface area contributed by atoms with Gasteiger partial charge in [-0.15, -0.1) is 0 Å². The number of pyridine rings is 1. The Hall–Kier alpha value is -4.44. The summed E-state index contributed by atoms with van der Waals surface area (Å²) in [6, 6.07) is 9.57. The highest BCUT2D eigenvalue weighted by molar-refractivity contribution is 6.33. The first kappa shape index (κ1) is 23.3. The number of hydrogen-bond acceptors (Lipinski definition) is 7. The van der Waals surface area contributed by atoms with E-state index in [2.05, 4.69) is 16.5 Å². The van der Waals surface area contributed by atoms with Gasteiger partial charge in [-0.3, -0.25) is 9.20 Å². The van der Waals surface area contributed by atoms with Crippen LogP contribution in [0.3, 0.4) is 0 Å². The standard InChI is InChI=1S/C25H21ClN6O4/c1-2-21(33)31-10-7-15(13-31)22-19-6-9-29-25(27)32(19)23(30-22)17-4-3-16(12-18(17)26)36-20-11-14(24(34)35)5-8-28-20/h2-6,8-9,11-12,15H,1,7,10,13H2,(H2,27,29)(H,34,35). The molecule has 4 aromatic rings. The van der Waals surface area contributed by atoms with Crippen molar-refractivity contribution in [3.8, 4) is 23.0 Å². The highest BCUT2D eigenvalue weighted by atomic mass is 35.5. The molecule has 11 heteroatoms. The van der Waals surface area contributed by atoms with E-state index >= 15 is 0 Å². The van der Waals surface area contributed by atoms with E-state index in [-0.39, 0.29) is 29.2 Å². The largest absolute Gasteiger partial charge is 0.478 e. The summed E-state index contributed by atoms with van der Waals surface area (Å²) in [5, 5.41) is 9.52. The molecule has 36 heavy (non-hydrogen) atoms. The lowest BCUT2D eigenvalue weighted by Crippen LogP contribution is -2.26. The van der Waals surface area contributed by atoms with Gasteiger partial charge in [-0.25, -0.2) is 19.7 Å². The summed E-state index contributed by atoms with van der Waals surface area (Å²) in [7, 11) is 0. The van der Waals surface area contributed by atoms with Gasteiger partial charge in [0.15, 0.2) is 0 Å². The predicted molar refractivity (Wildman–Crippen MR) is 133 cm³/mol. The molecule has 3 aromatic heterocycles. The number of anilines is 1. The Morgan fingerprint density at radius 3 is 2.75 bits per heavy atom. The topological polar surface area (TPSA) is 136 Å². The average molecular weight is 505 g/mol. The van der Waals surface area contributed by atoms with Gasteiger partial charge in [-0.1, -0.05) is 18.2 Å². The highest BCUT2D eigenvalue weighted by Crippen LogP contribution is 2.37. The summed E-state index contributed by atoms with van der Waals surface area (Å²) < 4.78 is 7.46. The smallest absolute Gasteiger partial charge is 0.335 e. The van der Waals surface area contributed by atoms with Crippen LogP contribution in [0.25, 0.3) is 16.9 Å². The zero-order valence-electron chi connectivity index (χ0n) is 19.0. The monoisotopic (exact) mass is 504 g/mol. The number of imidazole rings is 1. The molecule has 4 heterocycles. The lowest BCUT2D eigenvalue weighted by Gasteiger charge is -2.13. The number of carboxylic acids is 1. The zero-order chi connectivity index (χ0) is 25.4. The van der Waals surface area contributed by atoms with E-state index in [1.165, 1.54) is 24.4 Å². The summed E-state index contributed by atoms with van der Waals surface area (Å²) in [6.07, 6.45) is 5.06. The number of carboxylic acid groups (broad SMARTS) is 1. The van der Waals surface area contributed by atoms with Crippen LogP contribution in [0, 0.1) is 0 Å². The highest BCUT2D eigenvalue weighted by Gasteiger charge is 2.30. The molecule has 5 rings (SSSR count). The lowest BCUT2D eigenvalue weighted by molar-refractivity contribution is -0.125. The maximum atomic E-state index is 12.1. The van der Waals surface area contributed by atoms with E-state index < -0.39 is 5.97 Å². The molecule has 10 nitrogen and oxygen atoms in total. The minimum absolute atomic E-state index is 0.0217. The Labute approximate surface area is 210 Å². The van der Waals surface area contributed by atoms with Crippen LogP contribution in [0.4, 0.5) is 5.95 Å². The van der Waals surface area contributed by atoms with Gasteiger partial charge in [-0.2, -0.15) is 0 Å². The molecule has 1 aliphatic rings. The summed E-state index contributed by atoms with van der Waals surface area (Å²) in [5.74, 6) is 0.104. The van der Waals surface area contributed by atoms with Crippen molar-refractivity contribution in [2.24, 2.45) is 0 Å². The Kier molecular flexibility index (Phi) is 6.03. The van der Waals surface area contributed by atoms with Crippen LogP contribution < -0.4 is 10.5 Å². The summed E-state index contributed by atoms with van der Waals surface area (Å²) in [6.45, 7) is 4.72. The van der Waals surface area contributed by atoms with Crippen molar-refractivity contribution in [3.63, 3.8) is 0 Å². The minimum Gasteiger partial charge on any atom is -0.478 e. The van der Waals surface area contributed by atoms with Crippen LogP contribution in [0.15, 0.2) is 61.4 Å². The molecule has 0 bridgehead atoms. The molecule has 1 aliphatic heterocycles. The van der Waals surface area contributed by atoms with E-state index in [4.69, 9.17) is 27.1 Å². The summed E-state index contributed by atoms with van der Waals surface area (Å²) in [4.78, 5) is 38.2. The number of rotatable bonds is 6. The Morgan fingerprint density at radius 2 is 2.00 bits per heavy atom. The number of amides is 1. The molecule has 1 amide bonds. The van der Waals surface area contributed by atoms with Crippen LogP contribution in [0.2, 0.25) is 5.02 Å². The van der Waals surface area contributed by atoms with Crippen molar-refractivity contribution in [1.29, 1.82) is 0 Å². The van der Waals surface area contributed by atoms with Crippen molar-refractivity contribution in [2.45, 2.75) is 12.3 Å². The zero-order valence-corrected chi connectivity index (χ0v) is 19.7. The number of fused-ring (bicyclic) bond motifs is 1. The Bertz CT molecular complexity index is 1520. The molecule has 1 atom stereocenters. The van der Waals surface area contributed by atoms with Gasteiger partial charge in [0.25, 0.3) is 0 Å². The first-order chi connectivity index (χ1) is 17.4. The second-order valence-electron chi connectivity index (χ2n) is 8.25. The summed E-state index contributed by atoms with van der Waals surface area (Å²) in [5.41, 5.74) is 8.50. The third-order valence-electron chi connectivity index (χ3n) is 6.06. The number of likely N-dealkylation sites (tertiary alicyclic amines) is 1. The fraction of sp³-hybridized carbons (Fsp3) is 0.160. The molecule has 3 N–H and O–H groups in total. The number of hydrogen-bond donors (Lipinski definition) is 2. The second kappa shape index (κ2) is 9.31. The molecule has 0 aliphatic carbocycles. The third-order valence-corrected chi connectivity index (χ3v) is 6.37. The van der Waals surface area contributed by atoms with E-state index in [9.17, 15) is 14.7 Å². The quantitative estimate of drug-likeness (QED) is 0.376. The van der Waals surface area contributed by atoms with E-state index in [0.29, 0.717) is 35.2 Å². The number of aromatic nitrogens is 4. The third kappa shape index (κ3) is 4.22. The van der Waals surface area contributed by atoms with Gasteiger partial charge < -0.3 is 20.5 Å². The van der Waals surface area contributed by atoms with Crippen molar-refractivity contribution >= 4 is 34.9 Å². The molecule has 182 valence electrons. The molecule has 1 fully saturated rings. The number of benzene rings is 1. The average Bonchev–Trinajstić information content (AvgIpc) is 3.50. The normalized spacial score (nSPS) is 15.2. The molecule has 0 spiro atoms. The number of nitrogen functional groups attached to an aromatic ring is 1. The number of ether oxygens (including phenoxy) is 1. The molecule has 0 saturated carbocycles. The maximum absolute atomic E-state index is 12.1. The Balaban J connectivity index is 1.50. The van der Waals surface area contributed by atoms with Gasteiger partial charge >= 0.3 is 5.97 Å². The molecule has 0 radical (unpaired) electrons. The number of halogens is 1. The van der Waals surface area contributed by atoms with E-state index in [1.54, 1.807) is 33.7 Å². The minimum atomic E-state index is -1.08. The predicted octanol–water partition coefficient (Wildman–Crippen LogP) is 4.02. The molecular weight excluding hydrogens is 484 g/mol. The van der Waals surface area contributed by atoms with Gasteiger partial charge in [0.1, 0.15) is 11.6 Å². The number of nitrogens with zero attached hydrogens (tertiary/aromatic N) is 5. The van der Waals surface area contributed by atoms with Crippen molar-refractivity contribution < 1.29 is 19.4 Å². The fourth-order valence-corrected chi connectivity index (χ4v) is 4.59. The van der Waals surface area contributed by atoms with Crippen LogP contribution in [0.5, 0.6) is 11.6 Å². The molecular formula is C25H21ClN6O4. The second-order valence-corrected chi connectivity index (χ2v) is 8.66. The molecule has 1 saturated heterocycles. The maximum Gasteiger partial charge on any atom is 0.335 e. The van der Waals surface area contributed by atoms with Gasteiger partial charge in [0.05, 0.1) is 21.8 Å². The van der Waals surface area contributed by atoms with Crippen molar-refractivity contribution in [1.82, 2.24) is 24.3 Å². The first-order valence-corrected chi connectivity index (χ1v) is 11.4. The van der Waals surface area contributed by atoms with Gasteiger partial charge in [0.2, 0.25) is 17.7 Å². The van der Waals surface area contributed by atoms with Crippen LogP contribution in [-0.4, -0.2) is 54.3 Å². The van der Waals surface area contributed by atoms with Crippen LogP contribution in [0.1, 0.15) is 28.4 Å². The van der Waals surface area contributed by atoms with Crippen molar-refractivity contribution in [2.75, 3.05) is 18.8 Å². The van der Waals surface area contributed by atoms with E-state index in [1.807, 2.05) is 6.07 Å². The van der Waals surface area contributed by atoms with Crippen LogP contribution >= 0.6 is 11.6 Å². The SMILES string of the molecule is C=CC(=O)N1CCC(c2nc(-c3ccc(Oc4cc(C(=O)O)ccn4)cc3Cl)n3c(N)nccc23)C1. The number of carbonyl (C=O) groups is 2. The Morgan fingerprint density at radius 1 is 1.19 bits per heavy atom. The van der Waals surface area contributed by atoms with Crippen molar-refractivity contribution in [3.05, 3.63) is 77.7 Å². The van der Waals surface area contributed by atoms with Gasteiger partial charge in [0, 0.05) is 49.1 Å². The fourth-order valence-electron chi connectivity index (χ4n) is 4.34. The van der Waals surface area contributed by atoms with Gasteiger partial charge in [-0.05, 0) is 36.8 Å². The van der Waals surface area contributed by atoms with Crippen LogP contribution in [-0.2, 0) is 4.79 Å². The first-order valence-electron chi connectivity index (χ1n) is 11.1. The van der Waals surface area contributed by atoms with E-state index in [0.717, 1.165) is 17.6 Å².